The van der Waals surface area contributed by atoms with Crippen molar-refractivity contribution in [2.75, 3.05) is 23.0 Å². The van der Waals surface area contributed by atoms with Crippen LogP contribution in [0.1, 0.15) is 10.4 Å². The van der Waals surface area contributed by atoms with E-state index < -0.39 is 4.92 Å². The summed E-state index contributed by atoms with van der Waals surface area (Å²) in [4.78, 5) is 29.9. The molecule has 3 N–H and O–H groups in total. The highest BCUT2D eigenvalue weighted by molar-refractivity contribution is 6.31. The van der Waals surface area contributed by atoms with Crippen LogP contribution in [0.3, 0.4) is 0 Å². The molecule has 1 unspecified atom stereocenters. The lowest BCUT2D eigenvalue weighted by atomic mass is 10.1. The Kier molecular flexibility index (Phi) is 6.92. The highest BCUT2D eigenvalue weighted by atomic mass is 35.5. The molecule has 0 saturated carbocycles. The van der Waals surface area contributed by atoms with Crippen molar-refractivity contribution in [3.63, 3.8) is 0 Å². The van der Waals surface area contributed by atoms with Gasteiger partial charge in [0.1, 0.15) is 6.17 Å². The summed E-state index contributed by atoms with van der Waals surface area (Å²) in [5.41, 5.74) is 4.00. The predicted octanol–water partition coefficient (Wildman–Crippen LogP) is 6.46. The summed E-state index contributed by atoms with van der Waals surface area (Å²) < 4.78 is 0. The zero-order valence-corrected chi connectivity index (χ0v) is 21.0. The van der Waals surface area contributed by atoms with Gasteiger partial charge >= 0.3 is 0 Å². The molecule has 1 amide bonds. The quantitative estimate of drug-likeness (QED) is 0.187. The van der Waals surface area contributed by atoms with Gasteiger partial charge < -0.3 is 20.9 Å². The molecule has 0 fully saturated rings. The maximum absolute atomic E-state index is 12.9. The van der Waals surface area contributed by atoms with Crippen LogP contribution in [0.4, 0.5) is 28.4 Å². The average molecular weight is 527 g/mol. The molecule has 190 valence electrons. The number of pyridine rings is 1. The lowest BCUT2D eigenvalue weighted by molar-refractivity contribution is -0.384. The van der Waals surface area contributed by atoms with E-state index in [9.17, 15) is 14.9 Å². The van der Waals surface area contributed by atoms with E-state index in [-0.39, 0.29) is 17.8 Å². The van der Waals surface area contributed by atoms with E-state index in [1.54, 1.807) is 42.6 Å². The number of benzene rings is 3. The molecule has 0 radical (unpaired) electrons. The van der Waals surface area contributed by atoms with Gasteiger partial charge in [0.05, 0.1) is 10.4 Å². The first kappa shape index (κ1) is 24.8. The molecule has 0 saturated heterocycles. The Hall–Kier alpha value is -4.89. The third-order valence-electron chi connectivity index (χ3n) is 6.02. The number of aromatic nitrogens is 1. The number of hydrogen-bond acceptors (Lipinski definition) is 7. The van der Waals surface area contributed by atoms with E-state index in [2.05, 4.69) is 20.9 Å². The van der Waals surface area contributed by atoms with E-state index >= 15 is 0 Å². The number of halogens is 1. The molecule has 2 heterocycles. The SMILES string of the molecule is CN1C=CC(Cl)=CC1Nc1cccc(C(=O)Nc2ccc(Nc3ccnc4ccc([N+](=O)[O-])cc34)cc2)c1. The standard InChI is InChI=1S/C28H23ClN6O3/c1-34-14-12-19(29)16-27(34)32-22-4-2-3-18(15-22)28(36)33-21-7-5-20(6-8-21)31-26-11-13-30-25-10-9-23(35(37)38)17-24(25)26/h2-17,27,32H,1H3,(H,30,31)(H,33,36). The molecule has 0 bridgehead atoms. The van der Waals surface area contributed by atoms with Gasteiger partial charge in [-0.3, -0.25) is 19.9 Å². The van der Waals surface area contributed by atoms with Gasteiger partial charge in [0, 0.05) is 70.3 Å². The van der Waals surface area contributed by atoms with Gasteiger partial charge in [0.2, 0.25) is 0 Å². The Morgan fingerprint density at radius 1 is 1.03 bits per heavy atom. The van der Waals surface area contributed by atoms with Crippen molar-refractivity contribution < 1.29 is 9.72 Å². The Morgan fingerprint density at radius 2 is 1.82 bits per heavy atom. The first-order valence-electron chi connectivity index (χ1n) is 11.7. The molecule has 38 heavy (non-hydrogen) atoms. The zero-order valence-electron chi connectivity index (χ0n) is 20.3. The topological polar surface area (TPSA) is 112 Å². The normalized spacial score (nSPS) is 14.6. The molecule has 1 aliphatic rings. The number of rotatable bonds is 7. The van der Waals surface area contributed by atoms with Crippen LogP contribution in [0.15, 0.2) is 102 Å². The number of carbonyl (C=O) groups is 1. The van der Waals surface area contributed by atoms with Gasteiger partial charge in [-0.2, -0.15) is 0 Å². The van der Waals surface area contributed by atoms with Gasteiger partial charge in [-0.05, 0) is 66.7 Å². The van der Waals surface area contributed by atoms with Gasteiger partial charge in [-0.1, -0.05) is 17.7 Å². The van der Waals surface area contributed by atoms with Crippen LogP contribution in [0.5, 0.6) is 0 Å². The summed E-state index contributed by atoms with van der Waals surface area (Å²) in [7, 11) is 1.93. The third kappa shape index (κ3) is 5.58. The van der Waals surface area contributed by atoms with Gasteiger partial charge in [0.15, 0.2) is 0 Å². The fourth-order valence-corrected chi connectivity index (χ4v) is 4.20. The molecule has 1 aromatic heterocycles. The number of likely N-dealkylation sites (N-methyl/N-ethyl adjacent to an activating group) is 1. The van der Waals surface area contributed by atoms with Crippen LogP contribution in [0.2, 0.25) is 0 Å². The Labute approximate surface area is 223 Å². The summed E-state index contributed by atoms with van der Waals surface area (Å²) in [5.74, 6) is -0.243. The number of nitrogens with zero attached hydrogens (tertiary/aromatic N) is 3. The van der Waals surface area contributed by atoms with Gasteiger partial charge in [-0.25, -0.2) is 0 Å². The van der Waals surface area contributed by atoms with Crippen molar-refractivity contribution in [3.05, 3.63) is 118 Å². The van der Waals surface area contributed by atoms with Crippen molar-refractivity contribution in [3.8, 4) is 0 Å². The molecule has 1 aliphatic heterocycles. The number of hydrogen-bond donors (Lipinski definition) is 3. The number of non-ortho nitro benzene ring substituents is 1. The van der Waals surface area contributed by atoms with Crippen LogP contribution in [0, 0.1) is 10.1 Å². The minimum Gasteiger partial charge on any atom is -0.362 e. The summed E-state index contributed by atoms with van der Waals surface area (Å²) in [6.45, 7) is 0. The maximum atomic E-state index is 12.9. The molecule has 1 atom stereocenters. The predicted molar refractivity (Wildman–Crippen MR) is 151 cm³/mol. The minimum atomic E-state index is -0.433. The highest BCUT2D eigenvalue weighted by Gasteiger charge is 2.15. The number of nitrogens with one attached hydrogen (secondary N) is 3. The number of carbonyl (C=O) groups excluding carboxylic acids is 1. The first-order valence-corrected chi connectivity index (χ1v) is 12.1. The van der Waals surface area contributed by atoms with E-state index in [0.29, 0.717) is 32.9 Å². The van der Waals surface area contributed by atoms with E-state index in [1.807, 2.05) is 54.6 Å². The Balaban J connectivity index is 1.26. The van der Waals surface area contributed by atoms with Crippen LogP contribution in [0.25, 0.3) is 10.9 Å². The lowest BCUT2D eigenvalue weighted by Gasteiger charge is -2.28. The number of nitro benzene ring substituents is 1. The van der Waals surface area contributed by atoms with Crippen LogP contribution in [-0.2, 0) is 0 Å². The van der Waals surface area contributed by atoms with Crippen LogP contribution >= 0.6 is 11.6 Å². The van der Waals surface area contributed by atoms with Crippen LogP contribution in [-0.4, -0.2) is 33.9 Å². The second-order valence-electron chi connectivity index (χ2n) is 8.68. The number of nitro groups is 1. The minimum absolute atomic E-state index is 0.00579. The smallest absolute Gasteiger partial charge is 0.270 e. The molecule has 4 aromatic rings. The zero-order chi connectivity index (χ0) is 26.6. The van der Waals surface area contributed by atoms with Crippen LogP contribution < -0.4 is 16.0 Å². The second kappa shape index (κ2) is 10.6. The molecule has 9 nitrogen and oxygen atoms in total. The lowest BCUT2D eigenvalue weighted by Crippen LogP contribution is -2.34. The number of amides is 1. The number of allylic oxidation sites excluding steroid dienone is 2. The maximum Gasteiger partial charge on any atom is 0.270 e. The van der Waals surface area contributed by atoms with Crippen molar-refractivity contribution in [1.29, 1.82) is 0 Å². The summed E-state index contributed by atoms with van der Waals surface area (Å²) in [6.07, 6.45) is 7.10. The summed E-state index contributed by atoms with van der Waals surface area (Å²) in [5, 5.41) is 22.0. The van der Waals surface area contributed by atoms with Crippen molar-refractivity contribution in [2.45, 2.75) is 6.17 Å². The van der Waals surface area contributed by atoms with Crippen molar-refractivity contribution in [2.24, 2.45) is 0 Å². The highest BCUT2D eigenvalue weighted by Crippen LogP contribution is 2.29. The molecule has 5 rings (SSSR count). The molecule has 3 aromatic carbocycles. The molecular weight excluding hydrogens is 504 g/mol. The summed E-state index contributed by atoms with van der Waals surface area (Å²) >= 11 is 6.13. The van der Waals surface area contributed by atoms with Crippen molar-refractivity contribution >= 4 is 56.8 Å². The van der Waals surface area contributed by atoms with E-state index in [1.165, 1.54) is 12.1 Å². The molecule has 0 spiro atoms. The fraction of sp³-hybridized carbons (Fsp3) is 0.0714. The number of fused-ring (bicyclic) bond motifs is 1. The van der Waals surface area contributed by atoms with Gasteiger partial charge in [-0.15, -0.1) is 0 Å². The van der Waals surface area contributed by atoms with Gasteiger partial charge in [0.25, 0.3) is 11.6 Å². The Morgan fingerprint density at radius 3 is 2.61 bits per heavy atom. The average Bonchev–Trinajstić information content (AvgIpc) is 2.92. The van der Waals surface area contributed by atoms with E-state index in [0.717, 1.165) is 11.4 Å². The van der Waals surface area contributed by atoms with Crippen molar-refractivity contribution in [1.82, 2.24) is 9.88 Å². The monoisotopic (exact) mass is 526 g/mol. The first-order chi connectivity index (χ1) is 18.4. The molecule has 0 aliphatic carbocycles. The largest absolute Gasteiger partial charge is 0.362 e. The number of anilines is 4. The molecular formula is C28H23ClN6O3. The Bertz CT molecular complexity index is 1590. The second-order valence-corrected chi connectivity index (χ2v) is 9.11. The summed E-state index contributed by atoms with van der Waals surface area (Å²) in [6, 6.07) is 20.8. The van der Waals surface area contributed by atoms with E-state index in [4.69, 9.17) is 11.6 Å². The fourth-order valence-electron chi connectivity index (χ4n) is 4.02. The third-order valence-corrected chi connectivity index (χ3v) is 6.27. The molecule has 10 heteroatoms.